The fourth-order valence-corrected chi connectivity index (χ4v) is 4.26. The predicted molar refractivity (Wildman–Crippen MR) is 134 cm³/mol. The first-order valence-corrected chi connectivity index (χ1v) is 11.1. The first-order chi connectivity index (χ1) is 15.3. The van der Waals surface area contributed by atoms with Crippen LogP contribution in [-0.4, -0.2) is 4.98 Å². The normalized spacial score (nSPS) is 10.7. The Morgan fingerprint density at radius 1 is 0.419 bits per heavy atom. The van der Waals surface area contributed by atoms with Crippen LogP contribution in [0.3, 0.4) is 0 Å². The molecule has 0 aliphatic carbocycles. The maximum Gasteiger partial charge on any atom is 0.0715 e. The van der Waals surface area contributed by atoms with E-state index in [0.717, 1.165) is 27.0 Å². The highest BCUT2D eigenvalue weighted by Gasteiger charge is 2.09. The summed E-state index contributed by atoms with van der Waals surface area (Å²) in [6.07, 6.45) is 0. The molecule has 1 aromatic heterocycles. The number of hydrogen-bond donors (Lipinski definition) is 0. The van der Waals surface area contributed by atoms with Crippen molar-refractivity contribution >= 4 is 15.9 Å². The summed E-state index contributed by atoms with van der Waals surface area (Å²) in [4.78, 5) is 5.01. The van der Waals surface area contributed by atoms with Crippen LogP contribution in [-0.2, 0) is 0 Å². The van der Waals surface area contributed by atoms with Gasteiger partial charge < -0.3 is 0 Å². The maximum absolute atomic E-state index is 5.01. The molecule has 148 valence electrons. The minimum absolute atomic E-state index is 0.971. The van der Waals surface area contributed by atoms with E-state index < -0.39 is 0 Å². The highest BCUT2D eigenvalue weighted by Crippen LogP contribution is 2.32. The van der Waals surface area contributed by atoms with Gasteiger partial charge in [0.2, 0.25) is 0 Å². The van der Waals surface area contributed by atoms with E-state index in [1.54, 1.807) is 0 Å². The number of hydrogen-bond acceptors (Lipinski definition) is 1. The molecule has 1 heterocycles. The van der Waals surface area contributed by atoms with Gasteiger partial charge in [0.05, 0.1) is 11.4 Å². The molecule has 0 bridgehead atoms. The zero-order chi connectivity index (χ0) is 21.0. The van der Waals surface area contributed by atoms with Crippen LogP contribution in [0.2, 0.25) is 0 Å². The molecule has 2 heteroatoms. The highest BCUT2D eigenvalue weighted by molar-refractivity contribution is 9.10. The third-order valence-electron chi connectivity index (χ3n) is 5.37. The van der Waals surface area contributed by atoms with E-state index in [0.29, 0.717) is 0 Å². The second-order valence-electron chi connectivity index (χ2n) is 7.42. The van der Waals surface area contributed by atoms with Crippen molar-refractivity contribution in [1.82, 2.24) is 4.98 Å². The first-order valence-electron chi connectivity index (χ1n) is 10.3. The SMILES string of the molecule is Brc1ccccc1-c1ccc(-c2cc(-c3ccccc3)cc(-c3ccccc3)n2)cc1. The molecular weight excluding hydrogens is 442 g/mol. The topological polar surface area (TPSA) is 12.9 Å². The third kappa shape index (κ3) is 4.21. The Labute approximate surface area is 191 Å². The van der Waals surface area contributed by atoms with Gasteiger partial charge >= 0.3 is 0 Å². The van der Waals surface area contributed by atoms with E-state index in [1.165, 1.54) is 22.3 Å². The molecule has 0 fully saturated rings. The first kappa shape index (κ1) is 19.5. The minimum atomic E-state index is 0.971. The van der Waals surface area contributed by atoms with E-state index in [9.17, 15) is 0 Å². The van der Waals surface area contributed by atoms with Crippen molar-refractivity contribution in [3.63, 3.8) is 0 Å². The van der Waals surface area contributed by atoms with Gasteiger partial charge in [0.1, 0.15) is 0 Å². The quantitative estimate of drug-likeness (QED) is 0.261. The number of benzene rings is 4. The lowest BCUT2D eigenvalue weighted by molar-refractivity contribution is 1.32. The molecule has 0 N–H and O–H groups in total. The van der Waals surface area contributed by atoms with Crippen molar-refractivity contribution in [1.29, 1.82) is 0 Å². The molecule has 0 radical (unpaired) electrons. The lowest BCUT2D eigenvalue weighted by Gasteiger charge is -2.11. The molecule has 0 aliphatic heterocycles. The predicted octanol–water partition coefficient (Wildman–Crippen LogP) is 8.51. The molecule has 5 aromatic rings. The smallest absolute Gasteiger partial charge is 0.0715 e. The van der Waals surface area contributed by atoms with Crippen molar-refractivity contribution in [2.75, 3.05) is 0 Å². The van der Waals surface area contributed by atoms with Gasteiger partial charge in [-0.25, -0.2) is 4.98 Å². The summed E-state index contributed by atoms with van der Waals surface area (Å²) in [6, 6.07) is 42.1. The lowest BCUT2D eigenvalue weighted by Crippen LogP contribution is -1.91. The van der Waals surface area contributed by atoms with Crippen LogP contribution in [0.15, 0.2) is 126 Å². The van der Waals surface area contributed by atoms with Crippen molar-refractivity contribution < 1.29 is 0 Å². The van der Waals surface area contributed by atoms with Crippen molar-refractivity contribution in [3.05, 3.63) is 126 Å². The van der Waals surface area contributed by atoms with Gasteiger partial charge in [0.15, 0.2) is 0 Å². The van der Waals surface area contributed by atoms with Crippen LogP contribution in [0.5, 0.6) is 0 Å². The molecule has 4 aromatic carbocycles. The zero-order valence-corrected chi connectivity index (χ0v) is 18.5. The fraction of sp³-hybridized carbons (Fsp3) is 0. The van der Waals surface area contributed by atoms with Crippen LogP contribution in [0.25, 0.3) is 44.8 Å². The fourth-order valence-electron chi connectivity index (χ4n) is 3.75. The van der Waals surface area contributed by atoms with E-state index in [4.69, 9.17) is 4.98 Å². The van der Waals surface area contributed by atoms with Crippen molar-refractivity contribution in [2.45, 2.75) is 0 Å². The van der Waals surface area contributed by atoms with Gasteiger partial charge in [0, 0.05) is 15.6 Å². The van der Waals surface area contributed by atoms with Gasteiger partial charge in [-0.3, -0.25) is 0 Å². The Hall–Kier alpha value is -3.49. The van der Waals surface area contributed by atoms with Crippen LogP contribution >= 0.6 is 15.9 Å². The second kappa shape index (κ2) is 8.71. The molecule has 1 nitrogen and oxygen atoms in total. The minimum Gasteiger partial charge on any atom is -0.248 e. The summed E-state index contributed by atoms with van der Waals surface area (Å²) in [5.74, 6) is 0. The molecule has 0 spiro atoms. The van der Waals surface area contributed by atoms with E-state index >= 15 is 0 Å². The molecule has 0 saturated heterocycles. The summed E-state index contributed by atoms with van der Waals surface area (Å²) in [5.41, 5.74) is 8.89. The van der Waals surface area contributed by atoms with Crippen molar-refractivity contribution in [2.24, 2.45) is 0 Å². The number of halogens is 1. The Bertz CT molecular complexity index is 1250. The Balaban J connectivity index is 1.61. The summed E-state index contributed by atoms with van der Waals surface area (Å²) in [7, 11) is 0. The van der Waals surface area contributed by atoms with Crippen LogP contribution in [0.4, 0.5) is 0 Å². The van der Waals surface area contributed by atoms with Crippen LogP contribution in [0, 0.1) is 0 Å². The second-order valence-corrected chi connectivity index (χ2v) is 8.27. The zero-order valence-electron chi connectivity index (χ0n) is 16.9. The average molecular weight is 462 g/mol. The third-order valence-corrected chi connectivity index (χ3v) is 6.06. The largest absolute Gasteiger partial charge is 0.248 e. The monoisotopic (exact) mass is 461 g/mol. The molecular formula is C29H20BrN. The van der Waals surface area contributed by atoms with Gasteiger partial charge in [-0.1, -0.05) is 119 Å². The van der Waals surface area contributed by atoms with E-state index in [1.807, 2.05) is 18.2 Å². The molecule has 0 aliphatic rings. The summed E-state index contributed by atoms with van der Waals surface area (Å²) in [5, 5.41) is 0. The van der Waals surface area contributed by atoms with Gasteiger partial charge in [-0.15, -0.1) is 0 Å². The number of pyridine rings is 1. The molecule has 31 heavy (non-hydrogen) atoms. The van der Waals surface area contributed by atoms with E-state index in [2.05, 4.69) is 119 Å². The molecule has 0 amide bonds. The number of rotatable bonds is 4. The number of aromatic nitrogens is 1. The Kier molecular flexibility index (Phi) is 5.47. The Morgan fingerprint density at radius 2 is 0.903 bits per heavy atom. The van der Waals surface area contributed by atoms with Gasteiger partial charge in [-0.05, 0) is 40.5 Å². The highest BCUT2D eigenvalue weighted by atomic mass is 79.9. The van der Waals surface area contributed by atoms with Crippen molar-refractivity contribution in [3.8, 4) is 44.8 Å². The maximum atomic E-state index is 5.01. The van der Waals surface area contributed by atoms with Crippen LogP contribution in [0.1, 0.15) is 0 Å². The number of nitrogens with zero attached hydrogens (tertiary/aromatic N) is 1. The average Bonchev–Trinajstić information content (AvgIpc) is 2.85. The molecule has 5 rings (SSSR count). The van der Waals surface area contributed by atoms with Gasteiger partial charge in [-0.2, -0.15) is 0 Å². The van der Waals surface area contributed by atoms with Crippen LogP contribution < -0.4 is 0 Å². The molecule has 0 unspecified atom stereocenters. The summed E-state index contributed by atoms with van der Waals surface area (Å²) < 4.78 is 1.10. The standard InChI is InChI=1S/C29H20BrN/c30-27-14-8-7-13-26(27)22-15-17-24(18-16-22)29-20-25(21-9-3-1-4-10-21)19-28(31-29)23-11-5-2-6-12-23/h1-20H. The van der Waals surface area contributed by atoms with Gasteiger partial charge in [0.25, 0.3) is 0 Å². The summed E-state index contributed by atoms with van der Waals surface area (Å²) in [6.45, 7) is 0. The lowest BCUT2D eigenvalue weighted by atomic mass is 9.98. The van der Waals surface area contributed by atoms with E-state index in [-0.39, 0.29) is 0 Å². The summed E-state index contributed by atoms with van der Waals surface area (Å²) >= 11 is 3.65. The molecule has 0 atom stereocenters. The molecule has 0 saturated carbocycles. The Morgan fingerprint density at radius 3 is 1.52 bits per heavy atom.